The third kappa shape index (κ3) is 1.85. The average molecular weight is 190 g/mol. The number of carbonyl (C=O) groups is 1. The molecule has 0 heterocycles. The maximum Gasteiger partial charge on any atom is 0.0730 e. The number of hydrogen-bond donors (Lipinski definition) is 0. The van der Waals surface area contributed by atoms with Crippen LogP contribution < -0.4 is 5.11 Å². The molecule has 0 aromatic heterocycles. The van der Waals surface area contributed by atoms with Crippen LogP contribution in [0.5, 0.6) is 0 Å². The Labute approximate surface area is 73.4 Å². The lowest BCUT2D eigenvalue weighted by Crippen LogP contribution is -2.22. The molecule has 0 saturated carbocycles. The molecule has 1 aromatic carbocycles. The zero-order chi connectivity index (χ0) is 8.43. The zero-order valence-electron chi connectivity index (χ0n) is 5.30. The molecule has 0 atom stereocenters. The molecule has 0 bridgehead atoms. The number of aromatic carboxylic acids is 1. The molecular formula is C7H3Cl2O2-. The summed E-state index contributed by atoms with van der Waals surface area (Å²) in [6.45, 7) is 0. The van der Waals surface area contributed by atoms with E-state index in [1.54, 1.807) is 0 Å². The quantitative estimate of drug-likeness (QED) is 0.670. The van der Waals surface area contributed by atoms with Crippen LogP contribution in [0.2, 0.25) is 10.0 Å². The standard InChI is InChI=1S/C7H4Cl2O2/c8-4-1-2-6(9)5(3-4)7(10)11/h1-3H,(H,10,11)/p-1. The van der Waals surface area contributed by atoms with Crippen LogP contribution in [0.3, 0.4) is 0 Å². The minimum atomic E-state index is -1.32. The molecule has 1 aromatic rings. The summed E-state index contributed by atoms with van der Waals surface area (Å²) in [5.41, 5.74) is -0.0841. The highest BCUT2D eigenvalue weighted by atomic mass is 35.5. The number of carboxylic acids is 1. The molecule has 0 amide bonds. The van der Waals surface area contributed by atoms with Gasteiger partial charge in [0.1, 0.15) is 0 Å². The first kappa shape index (κ1) is 8.37. The van der Waals surface area contributed by atoms with Crippen molar-refractivity contribution in [2.75, 3.05) is 0 Å². The van der Waals surface area contributed by atoms with Gasteiger partial charge in [0.15, 0.2) is 0 Å². The molecule has 0 N–H and O–H groups in total. The van der Waals surface area contributed by atoms with Crippen LogP contribution >= 0.6 is 23.2 Å². The molecule has 4 heteroatoms. The molecule has 0 aliphatic rings. The molecule has 0 aliphatic heterocycles. The predicted octanol–water partition coefficient (Wildman–Crippen LogP) is 1.36. The van der Waals surface area contributed by atoms with Gasteiger partial charge in [-0.3, -0.25) is 0 Å². The van der Waals surface area contributed by atoms with Crippen molar-refractivity contribution in [1.29, 1.82) is 0 Å². The lowest BCUT2D eigenvalue weighted by atomic mass is 10.2. The van der Waals surface area contributed by atoms with Crippen LogP contribution in [0.4, 0.5) is 0 Å². The molecule has 2 nitrogen and oxygen atoms in total. The zero-order valence-corrected chi connectivity index (χ0v) is 6.82. The van der Waals surface area contributed by atoms with Gasteiger partial charge in [-0.15, -0.1) is 0 Å². The molecular weight excluding hydrogens is 187 g/mol. The highest BCUT2D eigenvalue weighted by Crippen LogP contribution is 2.19. The van der Waals surface area contributed by atoms with Crippen molar-refractivity contribution in [3.8, 4) is 0 Å². The first-order valence-corrected chi connectivity index (χ1v) is 3.53. The molecule has 58 valence electrons. The summed E-state index contributed by atoms with van der Waals surface area (Å²) < 4.78 is 0. The van der Waals surface area contributed by atoms with Crippen molar-refractivity contribution in [3.05, 3.63) is 33.8 Å². The summed E-state index contributed by atoms with van der Waals surface area (Å²) in [7, 11) is 0. The predicted molar refractivity (Wildman–Crippen MR) is 40.8 cm³/mol. The molecule has 0 aliphatic carbocycles. The van der Waals surface area contributed by atoms with Gasteiger partial charge in [-0.05, 0) is 18.2 Å². The van der Waals surface area contributed by atoms with E-state index >= 15 is 0 Å². The highest BCUT2D eigenvalue weighted by Gasteiger charge is 2.00. The van der Waals surface area contributed by atoms with E-state index in [-0.39, 0.29) is 10.6 Å². The minimum Gasteiger partial charge on any atom is -0.545 e. The lowest BCUT2D eigenvalue weighted by molar-refractivity contribution is -0.255. The number of halogens is 2. The Hall–Kier alpha value is -0.730. The molecule has 1 rings (SSSR count). The van der Waals surface area contributed by atoms with Crippen LogP contribution in [0, 0.1) is 0 Å². The van der Waals surface area contributed by atoms with Gasteiger partial charge in [-0.2, -0.15) is 0 Å². The second-order valence-electron chi connectivity index (χ2n) is 1.91. The smallest absolute Gasteiger partial charge is 0.0730 e. The summed E-state index contributed by atoms with van der Waals surface area (Å²) in [6, 6.07) is 4.17. The van der Waals surface area contributed by atoms with Gasteiger partial charge >= 0.3 is 0 Å². The summed E-state index contributed by atoms with van der Waals surface area (Å²) in [5, 5.41) is 10.8. The monoisotopic (exact) mass is 189 g/mol. The van der Waals surface area contributed by atoms with Gasteiger partial charge < -0.3 is 9.90 Å². The van der Waals surface area contributed by atoms with E-state index in [2.05, 4.69) is 0 Å². The fourth-order valence-electron chi connectivity index (χ4n) is 0.654. The molecule has 0 unspecified atom stereocenters. The van der Waals surface area contributed by atoms with Crippen molar-refractivity contribution in [3.63, 3.8) is 0 Å². The number of carbonyl (C=O) groups excluding carboxylic acids is 1. The van der Waals surface area contributed by atoms with E-state index in [0.29, 0.717) is 5.02 Å². The Balaban J connectivity index is 3.23. The third-order valence-corrected chi connectivity index (χ3v) is 1.71. The van der Waals surface area contributed by atoms with Gasteiger partial charge in [0.2, 0.25) is 0 Å². The highest BCUT2D eigenvalue weighted by molar-refractivity contribution is 6.35. The second-order valence-corrected chi connectivity index (χ2v) is 2.76. The van der Waals surface area contributed by atoms with Gasteiger partial charge in [0.05, 0.1) is 5.97 Å². The van der Waals surface area contributed by atoms with E-state index in [1.165, 1.54) is 18.2 Å². The first-order valence-electron chi connectivity index (χ1n) is 2.77. The Morgan fingerprint density at radius 3 is 2.45 bits per heavy atom. The van der Waals surface area contributed by atoms with Crippen LogP contribution in [-0.4, -0.2) is 5.97 Å². The van der Waals surface area contributed by atoms with Crippen molar-refractivity contribution in [2.45, 2.75) is 0 Å². The molecule has 0 fully saturated rings. The molecule has 0 saturated heterocycles. The number of hydrogen-bond acceptors (Lipinski definition) is 2. The minimum absolute atomic E-state index is 0.0841. The van der Waals surface area contributed by atoms with E-state index in [1.807, 2.05) is 0 Å². The Morgan fingerprint density at radius 2 is 2.00 bits per heavy atom. The van der Waals surface area contributed by atoms with Crippen LogP contribution in [0.25, 0.3) is 0 Å². The number of benzene rings is 1. The second kappa shape index (κ2) is 3.11. The van der Waals surface area contributed by atoms with E-state index in [9.17, 15) is 9.90 Å². The van der Waals surface area contributed by atoms with E-state index in [0.717, 1.165) is 0 Å². The van der Waals surface area contributed by atoms with Crippen LogP contribution in [0.1, 0.15) is 10.4 Å². The van der Waals surface area contributed by atoms with Gasteiger partial charge in [0.25, 0.3) is 0 Å². The Morgan fingerprint density at radius 1 is 1.36 bits per heavy atom. The van der Waals surface area contributed by atoms with Gasteiger partial charge in [0, 0.05) is 15.6 Å². The summed E-state index contributed by atoms with van der Waals surface area (Å²) in [6.07, 6.45) is 0. The van der Waals surface area contributed by atoms with Crippen LogP contribution in [-0.2, 0) is 0 Å². The number of carboxylic acid groups (broad SMARTS) is 1. The van der Waals surface area contributed by atoms with Crippen molar-refractivity contribution >= 4 is 29.2 Å². The summed E-state index contributed by atoms with van der Waals surface area (Å²) in [4.78, 5) is 10.3. The summed E-state index contributed by atoms with van der Waals surface area (Å²) >= 11 is 11.0. The molecule has 11 heavy (non-hydrogen) atoms. The van der Waals surface area contributed by atoms with E-state index < -0.39 is 5.97 Å². The van der Waals surface area contributed by atoms with Crippen molar-refractivity contribution < 1.29 is 9.90 Å². The van der Waals surface area contributed by atoms with Gasteiger partial charge in [-0.1, -0.05) is 23.2 Å². The molecule has 0 radical (unpaired) electrons. The SMILES string of the molecule is O=C([O-])c1cc(Cl)ccc1Cl. The maximum atomic E-state index is 10.3. The fraction of sp³-hybridized carbons (Fsp3) is 0. The number of rotatable bonds is 1. The normalized spacial score (nSPS) is 9.64. The Kier molecular flexibility index (Phi) is 2.37. The van der Waals surface area contributed by atoms with Crippen molar-refractivity contribution in [1.82, 2.24) is 0 Å². The molecule has 0 spiro atoms. The van der Waals surface area contributed by atoms with Gasteiger partial charge in [-0.25, -0.2) is 0 Å². The third-order valence-electron chi connectivity index (χ3n) is 1.15. The largest absolute Gasteiger partial charge is 0.545 e. The lowest BCUT2D eigenvalue weighted by Gasteiger charge is -2.04. The summed E-state index contributed by atoms with van der Waals surface area (Å²) in [5.74, 6) is -1.32. The topological polar surface area (TPSA) is 40.1 Å². The van der Waals surface area contributed by atoms with Crippen molar-refractivity contribution in [2.24, 2.45) is 0 Å². The van der Waals surface area contributed by atoms with Crippen LogP contribution in [0.15, 0.2) is 18.2 Å². The van der Waals surface area contributed by atoms with E-state index in [4.69, 9.17) is 23.2 Å². The average Bonchev–Trinajstić information content (AvgIpc) is 1.94. The fourth-order valence-corrected chi connectivity index (χ4v) is 1.02. The first-order chi connectivity index (χ1) is 5.11. The Bertz CT molecular complexity index is 296. The maximum absolute atomic E-state index is 10.3.